The van der Waals surface area contributed by atoms with Gasteiger partial charge in [0.05, 0.1) is 5.52 Å². The lowest BCUT2D eigenvalue weighted by atomic mass is 9.80. The summed E-state index contributed by atoms with van der Waals surface area (Å²) in [7, 11) is 0. The minimum absolute atomic E-state index is 0. The summed E-state index contributed by atoms with van der Waals surface area (Å²) in [5, 5.41) is 4.74. The molecule has 0 unspecified atom stereocenters. The number of hydrogen-bond acceptors (Lipinski definition) is 3. The van der Waals surface area contributed by atoms with Crippen molar-refractivity contribution in [1.82, 2.24) is 14.8 Å². The van der Waals surface area contributed by atoms with Crippen molar-refractivity contribution in [2.75, 3.05) is 26.2 Å². The number of carbonyl (C=O) groups excluding carboxylic acids is 1. The quantitative estimate of drug-likeness (QED) is 0.796. The molecule has 6 heteroatoms. The maximum atomic E-state index is 12.2. The third kappa shape index (κ3) is 4.51. The van der Waals surface area contributed by atoms with Gasteiger partial charge in [-0.2, -0.15) is 0 Å². The molecule has 0 spiro atoms. The number of nitrogens with zero attached hydrogens (tertiary/aromatic N) is 2. The molecule has 2 aliphatic rings. The second-order valence-corrected chi connectivity index (χ2v) is 7.62. The predicted octanol–water partition coefficient (Wildman–Crippen LogP) is 4.67. The first-order valence-corrected chi connectivity index (χ1v) is 9.81. The Kier molecular flexibility index (Phi) is 8.17. The van der Waals surface area contributed by atoms with Gasteiger partial charge in [0.2, 0.25) is 5.91 Å². The summed E-state index contributed by atoms with van der Waals surface area (Å²) in [5.41, 5.74) is 2.42. The molecule has 27 heavy (non-hydrogen) atoms. The molecule has 4 nitrogen and oxygen atoms in total. The monoisotopic (exact) mass is 411 g/mol. The zero-order valence-electron chi connectivity index (χ0n) is 16.0. The summed E-state index contributed by atoms with van der Waals surface area (Å²) in [5.74, 6) is 0.809. The number of aromatic nitrogens is 1. The van der Waals surface area contributed by atoms with E-state index in [9.17, 15) is 4.79 Å². The highest BCUT2D eigenvalue weighted by molar-refractivity contribution is 5.93. The van der Waals surface area contributed by atoms with E-state index in [1.165, 1.54) is 43.1 Å². The largest absolute Gasteiger partial charge is 0.314 e. The van der Waals surface area contributed by atoms with Gasteiger partial charge in [0, 0.05) is 50.7 Å². The van der Waals surface area contributed by atoms with Crippen LogP contribution in [0.4, 0.5) is 0 Å². The first kappa shape index (κ1) is 22.2. The number of carbonyl (C=O) groups is 1. The van der Waals surface area contributed by atoms with Crippen LogP contribution in [0.15, 0.2) is 30.5 Å². The molecule has 4 rings (SSSR count). The average Bonchev–Trinajstić information content (AvgIpc) is 3.04. The molecule has 150 valence electrons. The number of nitrogens with one attached hydrogen (secondary N) is 1. The number of benzene rings is 1. The van der Waals surface area contributed by atoms with Crippen molar-refractivity contribution < 1.29 is 4.79 Å². The highest BCUT2D eigenvalue weighted by Gasteiger charge is 2.33. The molecule has 1 aromatic carbocycles. The molecule has 0 radical (unpaired) electrons. The number of halogens is 2. The molecule has 2 fully saturated rings. The van der Waals surface area contributed by atoms with Crippen LogP contribution >= 0.6 is 24.8 Å². The lowest BCUT2D eigenvalue weighted by Gasteiger charge is -2.41. The average molecular weight is 412 g/mol. The normalized spacial score (nSPS) is 19.9. The molecule has 1 saturated carbocycles. The van der Waals surface area contributed by atoms with E-state index in [4.69, 9.17) is 0 Å². The summed E-state index contributed by atoms with van der Waals surface area (Å²) in [4.78, 5) is 14.9. The molecule has 1 atom stereocenters. The van der Waals surface area contributed by atoms with Crippen molar-refractivity contribution in [2.24, 2.45) is 5.92 Å². The molecule has 2 aromatic rings. The van der Waals surface area contributed by atoms with E-state index < -0.39 is 0 Å². The predicted molar refractivity (Wildman–Crippen MR) is 116 cm³/mol. The zero-order valence-corrected chi connectivity index (χ0v) is 17.7. The fourth-order valence-electron chi connectivity index (χ4n) is 4.86. The number of rotatable bonds is 3. The van der Waals surface area contributed by atoms with Gasteiger partial charge in [-0.05, 0) is 30.4 Å². The molecule has 1 saturated heterocycles. The van der Waals surface area contributed by atoms with Crippen molar-refractivity contribution in [3.8, 4) is 0 Å². The maximum Gasteiger partial charge on any atom is 0.227 e. The van der Waals surface area contributed by atoms with Crippen LogP contribution in [-0.4, -0.2) is 41.6 Å². The Morgan fingerprint density at radius 1 is 1.07 bits per heavy atom. The topological polar surface area (TPSA) is 37.3 Å². The van der Waals surface area contributed by atoms with E-state index in [2.05, 4.69) is 34.6 Å². The molecule has 1 aliphatic heterocycles. The van der Waals surface area contributed by atoms with Crippen LogP contribution in [0.25, 0.3) is 10.9 Å². The second-order valence-electron chi connectivity index (χ2n) is 7.62. The van der Waals surface area contributed by atoms with E-state index in [0.29, 0.717) is 12.0 Å². The van der Waals surface area contributed by atoms with Gasteiger partial charge in [0.1, 0.15) is 0 Å². The van der Waals surface area contributed by atoms with Crippen LogP contribution in [0.1, 0.15) is 55.4 Å². The zero-order chi connectivity index (χ0) is 17.2. The van der Waals surface area contributed by atoms with Crippen LogP contribution < -0.4 is 5.32 Å². The molecule has 1 N–H and O–H groups in total. The number of hydrogen-bond donors (Lipinski definition) is 1. The van der Waals surface area contributed by atoms with Crippen LogP contribution in [-0.2, 0) is 0 Å². The summed E-state index contributed by atoms with van der Waals surface area (Å²) in [6.45, 7) is 5.99. The standard InChI is InChI=1S/C21H29N3O.2ClH/c1-16(25)24-15-19(18-9-5-6-10-20(18)24)21(17-7-3-2-4-8-17)23-13-11-22-12-14-23;;/h5-6,9-10,15,17,21-22H,2-4,7-8,11-14H2,1H3;2*1H/t21-;;/m0../s1. The minimum atomic E-state index is 0. The van der Waals surface area contributed by atoms with Crippen molar-refractivity contribution in [2.45, 2.75) is 45.1 Å². The molecule has 0 bridgehead atoms. The number of fused-ring (bicyclic) bond motifs is 1. The van der Waals surface area contributed by atoms with E-state index >= 15 is 0 Å². The molecule has 1 aromatic heterocycles. The summed E-state index contributed by atoms with van der Waals surface area (Å²) >= 11 is 0. The SMILES string of the molecule is CC(=O)n1cc([C@H](C2CCCCC2)N2CCNCC2)c2ccccc21.Cl.Cl. The van der Waals surface area contributed by atoms with Crippen molar-refractivity contribution in [3.05, 3.63) is 36.0 Å². The third-order valence-corrected chi connectivity index (χ3v) is 6.04. The first-order valence-electron chi connectivity index (χ1n) is 9.81. The van der Waals surface area contributed by atoms with Crippen LogP contribution in [0.2, 0.25) is 0 Å². The number of piperazine rings is 1. The Balaban J connectivity index is 0.00000131. The first-order chi connectivity index (χ1) is 12.3. The van der Waals surface area contributed by atoms with Crippen LogP contribution in [0.3, 0.4) is 0 Å². The summed E-state index contributed by atoms with van der Waals surface area (Å²) in [6, 6.07) is 8.85. The Morgan fingerprint density at radius 3 is 2.41 bits per heavy atom. The maximum absolute atomic E-state index is 12.2. The molecule has 0 amide bonds. The molecule has 1 aliphatic carbocycles. The van der Waals surface area contributed by atoms with Gasteiger partial charge in [-0.1, -0.05) is 37.5 Å². The molecular weight excluding hydrogens is 381 g/mol. The fourth-order valence-corrected chi connectivity index (χ4v) is 4.86. The molecular formula is C21H31Cl2N3O. The summed E-state index contributed by atoms with van der Waals surface area (Å²) in [6.07, 6.45) is 8.83. The Morgan fingerprint density at radius 2 is 1.74 bits per heavy atom. The van der Waals surface area contributed by atoms with Crippen molar-refractivity contribution in [1.29, 1.82) is 0 Å². The van der Waals surface area contributed by atoms with E-state index in [1.54, 1.807) is 6.92 Å². The Bertz CT molecular complexity index is 731. The number of para-hydroxylation sites is 1. The van der Waals surface area contributed by atoms with Gasteiger partial charge in [-0.25, -0.2) is 0 Å². The van der Waals surface area contributed by atoms with Gasteiger partial charge < -0.3 is 5.32 Å². The summed E-state index contributed by atoms with van der Waals surface area (Å²) < 4.78 is 1.85. The Labute approximate surface area is 174 Å². The van der Waals surface area contributed by atoms with Crippen molar-refractivity contribution in [3.63, 3.8) is 0 Å². The highest BCUT2D eigenvalue weighted by Crippen LogP contribution is 2.41. The second kappa shape index (κ2) is 9.92. The third-order valence-electron chi connectivity index (χ3n) is 6.04. The van der Waals surface area contributed by atoms with Crippen LogP contribution in [0.5, 0.6) is 0 Å². The smallest absolute Gasteiger partial charge is 0.227 e. The minimum Gasteiger partial charge on any atom is -0.314 e. The lowest BCUT2D eigenvalue weighted by molar-refractivity contribution is 0.0936. The Hall–Kier alpha value is -1.07. The van der Waals surface area contributed by atoms with Crippen LogP contribution in [0, 0.1) is 5.92 Å². The van der Waals surface area contributed by atoms with E-state index in [0.717, 1.165) is 31.7 Å². The van der Waals surface area contributed by atoms with Crippen molar-refractivity contribution >= 4 is 41.6 Å². The van der Waals surface area contributed by atoms with Gasteiger partial charge >= 0.3 is 0 Å². The van der Waals surface area contributed by atoms with Gasteiger partial charge in [-0.15, -0.1) is 24.8 Å². The van der Waals surface area contributed by atoms with Gasteiger partial charge in [-0.3, -0.25) is 14.3 Å². The fraction of sp³-hybridized carbons (Fsp3) is 0.571. The lowest BCUT2D eigenvalue weighted by Crippen LogP contribution is -2.47. The van der Waals surface area contributed by atoms with Gasteiger partial charge in [0.25, 0.3) is 0 Å². The van der Waals surface area contributed by atoms with E-state index in [1.807, 2.05) is 10.6 Å². The molecule has 2 heterocycles. The highest BCUT2D eigenvalue weighted by atomic mass is 35.5. The van der Waals surface area contributed by atoms with E-state index in [-0.39, 0.29) is 30.7 Å². The van der Waals surface area contributed by atoms with Gasteiger partial charge in [0.15, 0.2) is 0 Å².